The Morgan fingerprint density at radius 2 is 2.14 bits per heavy atom. The van der Waals surface area contributed by atoms with Crippen LogP contribution >= 0.6 is 0 Å². The van der Waals surface area contributed by atoms with Gasteiger partial charge in [0.25, 0.3) is 5.91 Å². The van der Waals surface area contributed by atoms with Crippen molar-refractivity contribution in [2.75, 3.05) is 25.4 Å². The zero-order chi connectivity index (χ0) is 20.2. The van der Waals surface area contributed by atoms with E-state index in [1.807, 2.05) is 6.92 Å². The fourth-order valence-electron chi connectivity index (χ4n) is 4.23. The third kappa shape index (κ3) is 3.09. The molecule has 29 heavy (non-hydrogen) atoms. The minimum absolute atomic E-state index is 0.105. The van der Waals surface area contributed by atoms with Gasteiger partial charge in [-0.1, -0.05) is 5.16 Å². The number of carbonyl (C=O) groups is 1. The largest absolute Gasteiger partial charge is 0.463 e. The van der Waals surface area contributed by atoms with Crippen LogP contribution in [0.4, 0.5) is 0 Å². The molecule has 5 rings (SSSR count). The minimum atomic E-state index is -3.32. The quantitative estimate of drug-likeness (QED) is 0.715. The molecule has 154 valence electrons. The Labute approximate surface area is 168 Å². The highest BCUT2D eigenvalue weighted by molar-refractivity contribution is 7.93. The van der Waals surface area contributed by atoms with Crippen LogP contribution in [0.3, 0.4) is 0 Å². The number of hydrogen-bond donors (Lipinski definition) is 0. The molecule has 2 aromatic heterocycles. The average Bonchev–Trinajstić information content (AvgIpc) is 3.31. The average molecular weight is 418 g/mol. The van der Waals surface area contributed by atoms with Gasteiger partial charge < -0.3 is 14.2 Å². The third-order valence-electron chi connectivity index (χ3n) is 6.22. The number of aromatic nitrogens is 3. The van der Waals surface area contributed by atoms with Gasteiger partial charge in [0.05, 0.1) is 12.4 Å². The van der Waals surface area contributed by atoms with Crippen LogP contribution in [-0.4, -0.2) is 64.5 Å². The molecule has 1 amide bonds. The highest BCUT2D eigenvalue weighted by Gasteiger charge is 2.63. The van der Waals surface area contributed by atoms with Gasteiger partial charge in [-0.3, -0.25) is 4.79 Å². The predicted molar refractivity (Wildman–Crippen MR) is 101 cm³/mol. The lowest BCUT2D eigenvalue weighted by atomic mass is 9.83. The zero-order valence-corrected chi connectivity index (χ0v) is 16.9. The molecule has 3 fully saturated rings. The number of carbonyl (C=O) groups excluding carboxylic acids is 1. The van der Waals surface area contributed by atoms with Crippen LogP contribution < -0.4 is 4.74 Å². The maximum atomic E-state index is 12.8. The van der Waals surface area contributed by atoms with E-state index < -0.39 is 14.6 Å². The molecule has 4 heterocycles. The first kappa shape index (κ1) is 18.5. The Morgan fingerprint density at radius 1 is 1.34 bits per heavy atom. The normalized spacial score (nSPS) is 24.4. The van der Waals surface area contributed by atoms with Gasteiger partial charge in [0.2, 0.25) is 0 Å². The van der Waals surface area contributed by atoms with Gasteiger partial charge in [-0.25, -0.2) is 18.4 Å². The lowest BCUT2D eigenvalue weighted by Crippen LogP contribution is -2.69. The lowest BCUT2D eigenvalue weighted by Gasteiger charge is -2.49. The summed E-state index contributed by atoms with van der Waals surface area (Å²) in [5.41, 5.74) is 1.03. The Kier molecular flexibility index (Phi) is 4.16. The molecule has 10 heteroatoms. The predicted octanol–water partition coefficient (Wildman–Crippen LogP) is 1.36. The SMILES string of the molecule is Cc1ccnc(OC[C@@H]2CCS(=O)(=O)C23CN(C(=O)c2cc(C4CC4)on2)C3)n1. The topological polar surface area (TPSA) is 115 Å². The number of likely N-dealkylation sites (tertiary alicyclic amines) is 1. The maximum Gasteiger partial charge on any atom is 0.316 e. The van der Waals surface area contributed by atoms with E-state index in [9.17, 15) is 13.2 Å². The van der Waals surface area contributed by atoms with E-state index in [0.29, 0.717) is 12.3 Å². The van der Waals surface area contributed by atoms with E-state index in [4.69, 9.17) is 9.26 Å². The highest BCUT2D eigenvalue weighted by Crippen LogP contribution is 2.45. The summed E-state index contributed by atoms with van der Waals surface area (Å²) in [7, 11) is -3.32. The van der Waals surface area contributed by atoms with Crippen molar-refractivity contribution in [3.63, 3.8) is 0 Å². The fraction of sp³-hybridized carbons (Fsp3) is 0.579. The molecule has 1 aliphatic carbocycles. The Hall–Kier alpha value is -2.49. The number of sulfone groups is 1. The number of rotatable bonds is 5. The van der Waals surface area contributed by atoms with Crippen molar-refractivity contribution in [1.29, 1.82) is 0 Å². The summed E-state index contributed by atoms with van der Waals surface area (Å²) in [5, 5.41) is 3.88. The van der Waals surface area contributed by atoms with Crippen LogP contribution in [0.25, 0.3) is 0 Å². The molecule has 1 atom stereocenters. The van der Waals surface area contributed by atoms with Crippen LogP contribution in [-0.2, 0) is 9.84 Å². The maximum absolute atomic E-state index is 12.8. The standard InChI is InChI=1S/C19H22N4O5S/c1-12-4-6-20-18(21-12)27-9-14-5-7-29(25,26)19(14)10-23(11-19)17(24)15-8-16(28-22-15)13-2-3-13/h4,6,8,13-14H,2-3,5,7,9-11H2,1H3/t14-/m0/s1. The summed E-state index contributed by atoms with van der Waals surface area (Å²) in [6.45, 7) is 2.36. The molecule has 0 radical (unpaired) electrons. The van der Waals surface area contributed by atoms with Gasteiger partial charge in [-0.15, -0.1) is 0 Å². The van der Waals surface area contributed by atoms with E-state index in [2.05, 4.69) is 15.1 Å². The second-order valence-electron chi connectivity index (χ2n) is 8.21. The van der Waals surface area contributed by atoms with Gasteiger partial charge in [-0.05, 0) is 32.3 Å². The Morgan fingerprint density at radius 3 is 2.86 bits per heavy atom. The first-order valence-corrected chi connectivity index (χ1v) is 11.4. The van der Waals surface area contributed by atoms with E-state index >= 15 is 0 Å². The van der Waals surface area contributed by atoms with Gasteiger partial charge in [0.15, 0.2) is 15.5 Å². The van der Waals surface area contributed by atoms with Gasteiger partial charge in [-0.2, -0.15) is 0 Å². The minimum Gasteiger partial charge on any atom is -0.463 e. The molecule has 3 aliphatic rings. The highest BCUT2D eigenvalue weighted by atomic mass is 32.2. The molecule has 0 N–H and O–H groups in total. The van der Waals surface area contributed by atoms with Crippen molar-refractivity contribution in [3.05, 3.63) is 35.5 Å². The molecule has 0 bridgehead atoms. The lowest BCUT2D eigenvalue weighted by molar-refractivity contribution is 0.0394. The molecule has 0 aromatic carbocycles. The second kappa shape index (κ2) is 6.51. The second-order valence-corrected chi connectivity index (χ2v) is 10.7. The van der Waals surface area contributed by atoms with Crippen LogP contribution in [0, 0.1) is 12.8 Å². The summed E-state index contributed by atoms with van der Waals surface area (Å²) in [6.07, 6.45) is 4.23. The summed E-state index contributed by atoms with van der Waals surface area (Å²) in [6, 6.07) is 3.69. The molecule has 1 saturated carbocycles. The molecule has 0 unspecified atom stereocenters. The van der Waals surface area contributed by atoms with Crippen LogP contribution in [0.5, 0.6) is 6.01 Å². The number of hydrogen-bond acceptors (Lipinski definition) is 8. The Balaban J connectivity index is 1.28. The fourth-order valence-corrected chi connectivity index (χ4v) is 6.63. The molecule has 2 aliphatic heterocycles. The third-order valence-corrected chi connectivity index (χ3v) is 8.82. The monoisotopic (exact) mass is 418 g/mol. The van der Waals surface area contributed by atoms with Crippen molar-refractivity contribution >= 4 is 15.7 Å². The number of nitrogens with zero attached hydrogens (tertiary/aromatic N) is 4. The van der Waals surface area contributed by atoms with Gasteiger partial charge in [0, 0.05) is 42.9 Å². The summed E-state index contributed by atoms with van der Waals surface area (Å²) in [5.74, 6) is 0.719. The van der Waals surface area contributed by atoms with E-state index in [1.165, 1.54) is 4.90 Å². The number of ether oxygens (including phenoxy) is 1. The van der Waals surface area contributed by atoms with Crippen LogP contribution in [0.2, 0.25) is 0 Å². The van der Waals surface area contributed by atoms with Crippen molar-refractivity contribution in [1.82, 2.24) is 20.0 Å². The number of amides is 1. The van der Waals surface area contributed by atoms with Crippen molar-refractivity contribution in [2.24, 2.45) is 5.92 Å². The van der Waals surface area contributed by atoms with Gasteiger partial charge >= 0.3 is 6.01 Å². The van der Waals surface area contributed by atoms with E-state index in [-0.39, 0.29) is 49.0 Å². The van der Waals surface area contributed by atoms with Crippen LogP contribution in [0.1, 0.15) is 47.1 Å². The summed E-state index contributed by atoms with van der Waals surface area (Å²) < 4.78 is 35.6. The van der Waals surface area contributed by atoms with Gasteiger partial charge in [0.1, 0.15) is 10.5 Å². The first-order chi connectivity index (χ1) is 13.9. The summed E-state index contributed by atoms with van der Waals surface area (Å²) in [4.78, 5) is 22.5. The van der Waals surface area contributed by atoms with E-state index in [1.54, 1.807) is 18.3 Å². The molecule has 1 spiro atoms. The van der Waals surface area contributed by atoms with E-state index in [0.717, 1.165) is 24.3 Å². The smallest absolute Gasteiger partial charge is 0.316 e. The molecular formula is C19H22N4O5S. The molecule has 2 saturated heterocycles. The van der Waals surface area contributed by atoms with Crippen molar-refractivity contribution in [3.8, 4) is 6.01 Å². The summed E-state index contributed by atoms with van der Waals surface area (Å²) >= 11 is 0. The molecule has 2 aromatic rings. The molecule has 9 nitrogen and oxygen atoms in total. The molecular weight excluding hydrogens is 396 g/mol. The Bertz CT molecular complexity index is 1060. The number of aryl methyl sites for hydroxylation is 1. The van der Waals surface area contributed by atoms with Crippen molar-refractivity contribution in [2.45, 2.75) is 36.9 Å². The zero-order valence-electron chi connectivity index (χ0n) is 16.1. The van der Waals surface area contributed by atoms with Crippen molar-refractivity contribution < 1.29 is 22.5 Å². The first-order valence-electron chi connectivity index (χ1n) is 9.79. The van der Waals surface area contributed by atoms with Crippen LogP contribution in [0.15, 0.2) is 22.9 Å².